The van der Waals surface area contributed by atoms with Crippen LogP contribution in [0.2, 0.25) is 0 Å². The summed E-state index contributed by atoms with van der Waals surface area (Å²) < 4.78 is 4.12. The number of nitrogens with zero attached hydrogens (tertiary/aromatic N) is 3. The number of nitrogens with one attached hydrogen (secondary N) is 1. The molecule has 0 spiro atoms. The fourth-order valence-electron chi connectivity index (χ4n) is 1.06. The van der Waals surface area contributed by atoms with E-state index in [0.717, 1.165) is 17.1 Å². The van der Waals surface area contributed by atoms with Crippen molar-refractivity contribution in [2.75, 3.05) is 18.4 Å². The average molecular weight is 251 g/mol. The summed E-state index contributed by atoms with van der Waals surface area (Å²) in [5.41, 5.74) is 6.29. The molecule has 0 aliphatic heterocycles. The Labute approximate surface area is 105 Å². The topological polar surface area (TPSA) is 76.2 Å². The van der Waals surface area contributed by atoms with Gasteiger partial charge in [-0.3, -0.25) is 4.99 Å². The highest BCUT2D eigenvalue weighted by Crippen LogP contribution is 2.05. The van der Waals surface area contributed by atoms with Crippen LogP contribution in [0.15, 0.2) is 28.9 Å². The Bertz CT molecular complexity index is 419. The Morgan fingerprint density at radius 3 is 3.06 bits per heavy atom. The third-order valence-electron chi connectivity index (χ3n) is 1.82. The molecule has 1 rings (SSSR count). The molecule has 1 heterocycles. The molecule has 0 fully saturated rings. The number of hydrogen-bond acceptors (Lipinski definition) is 6. The van der Waals surface area contributed by atoms with E-state index in [9.17, 15) is 0 Å². The first-order valence-electron chi connectivity index (χ1n) is 5.31. The number of aryl methyl sites for hydroxylation is 1. The van der Waals surface area contributed by atoms with Crippen LogP contribution in [0.4, 0.5) is 5.95 Å². The molecular formula is C11H17N5S. The SMILES string of the molecule is C/C(C=NCCNc1nsc(C)n1)=C/C=C/N. The van der Waals surface area contributed by atoms with Crippen LogP contribution in [0.1, 0.15) is 11.9 Å². The molecular weight excluding hydrogens is 234 g/mol. The molecule has 6 heteroatoms. The van der Waals surface area contributed by atoms with Crippen molar-refractivity contribution in [3.05, 3.63) is 28.9 Å². The van der Waals surface area contributed by atoms with Gasteiger partial charge in [0.05, 0.1) is 6.54 Å². The number of nitrogens with two attached hydrogens (primary N) is 1. The summed E-state index contributed by atoms with van der Waals surface area (Å²) in [5, 5.41) is 4.06. The molecule has 0 bridgehead atoms. The highest BCUT2D eigenvalue weighted by Gasteiger charge is 1.96. The van der Waals surface area contributed by atoms with Gasteiger partial charge >= 0.3 is 0 Å². The Morgan fingerprint density at radius 2 is 2.41 bits per heavy atom. The lowest BCUT2D eigenvalue weighted by molar-refractivity contribution is 1.01. The van der Waals surface area contributed by atoms with Crippen LogP contribution in [0.5, 0.6) is 0 Å². The van der Waals surface area contributed by atoms with Crippen LogP contribution >= 0.6 is 11.5 Å². The van der Waals surface area contributed by atoms with Crippen LogP contribution in [0.3, 0.4) is 0 Å². The van der Waals surface area contributed by atoms with E-state index in [0.29, 0.717) is 12.5 Å². The molecule has 5 nitrogen and oxygen atoms in total. The molecule has 1 aromatic heterocycles. The lowest BCUT2D eigenvalue weighted by atomic mass is 10.3. The molecule has 0 saturated heterocycles. The summed E-state index contributed by atoms with van der Waals surface area (Å²) in [7, 11) is 0. The van der Waals surface area contributed by atoms with Gasteiger partial charge < -0.3 is 11.1 Å². The lowest BCUT2D eigenvalue weighted by Crippen LogP contribution is -2.06. The molecule has 0 saturated carbocycles. The Hall–Kier alpha value is -1.69. The van der Waals surface area contributed by atoms with Crippen molar-refractivity contribution in [1.29, 1.82) is 0 Å². The largest absolute Gasteiger partial charge is 0.405 e. The van der Waals surface area contributed by atoms with Crippen molar-refractivity contribution >= 4 is 23.7 Å². The van der Waals surface area contributed by atoms with E-state index in [2.05, 4.69) is 19.7 Å². The van der Waals surface area contributed by atoms with Crippen LogP contribution in [0.25, 0.3) is 0 Å². The van der Waals surface area contributed by atoms with E-state index in [1.54, 1.807) is 6.08 Å². The van der Waals surface area contributed by atoms with Crippen molar-refractivity contribution in [3.8, 4) is 0 Å². The van der Waals surface area contributed by atoms with Gasteiger partial charge in [0.2, 0.25) is 5.95 Å². The van der Waals surface area contributed by atoms with Crippen LogP contribution in [-0.2, 0) is 0 Å². The Balaban J connectivity index is 2.22. The zero-order valence-corrected chi connectivity index (χ0v) is 10.9. The van der Waals surface area contributed by atoms with Gasteiger partial charge in [-0.1, -0.05) is 6.08 Å². The molecule has 0 aliphatic carbocycles. The van der Waals surface area contributed by atoms with E-state index >= 15 is 0 Å². The van der Waals surface area contributed by atoms with Crippen LogP contribution in [0, 0.1) is 6.92 Å². The van der Waals surface area contributed by atoms with Gasteiger partial charge in [0.25, 0.3) is 0 Å². The molecule has 0 aliphatic rings. The van der Waals surface area contributed by atoms with Crippen molar-refractivity contribution in [2.24, 2.45) is 10.7 Å². The summed E-state index contributed by atoms with van der Waals surface area (Å²) in [5.74, 6) is 0.682. The van der Waals surface area contributed by atoms with E-state index in [-0.39, 0.29) is 0 Å². The monoisotopic (exact) mass is 251 g/mol. The molecule has 3 N–H and O–H groups in total. The third-order valence-corrected chi connectivity index (χ3v) is 2.44. The highest BCUT2D eigenvalue weighted by molar-refractivity contribution is 7.05. The second kappa shape index (κ2) is 7.56. The first kappa shape index (κ1) is 13.4. The number of aliphatic imine (C=N–C) groups is 1. The zero-order valence-electron chi connectivity index (χ0n) is 10.1. The summed E-state index contributed by atoms with van der Waals surface area (Å²) in [6.07, 6.45) is 7.00. The number of allylic oxidation sites excluding steroid dienone is 3. The van der Waals surface area contributed by atoms with Crippen molar-refractivity contribution in [3.63, 3.8) is 0 Å². The Morgan fingerprint density at radius 1 is 1.59 bits per heavy atom. The molecule has 92 valence electrons. The van der Waals surface area contributed by atoms with Crippen molar-refractivity contribution in [1.82, 2.24) is 9.36 Å². The van der Waals surface area contributed by atoms with Gasteiger partial charge in [-0.05, 0) is 43.2 Å². The maximum Gasteiger partial charge on any atom is 0.234 e. The van der Waals surface area contributed by atoms with Crippen molar-refractivity contribution < 1.29 is 0 Å². The summed E-state index contributed by atoms with van der Waals surface area (Å²) in [4.78, 5) is 8.46. The van der Waals surface area contributed by atoms with E-state index in [1.165, 1.54) is 17.7 Å². The fourth-order valence-corrected chi connectivity index (χ4v) is 1.51. The minimum absolute atomic E-state index is 0.682. The molecule has 0 radical (unpaired) electrons. The quantitative estimate of drug-likeness (QED) is 0.459. The lowest BCUT2D eigenvalue weighted by Gasteiger charge is -1.97. The number of aromatic nitrogens is 2. The summed E-state index contributed by atoms with van der Waals surface area (Å²) in [6.45, 7) is 5.32. The number of rotatable bonds is 6. The average Bonchev–Trinajstić information content (AvgIpc) is 2.72. The van der Waals surface area contributed by atoms with Crippen LogP contribution in [-0.4, -0.2) is 28.7 Å². The molecule has 1 aromatic rings. The minimum atomic E-state index is 0.682. The van der Waals surface area contributed by atoms with Crippen LogP contribution < -0.4 is 11.1 Å². The van der Waals surface area contributed by atoms with E-state index in [1.807, 2.05) is 26.1 Å². The zero-order chi connectivity index (χ0) is 12.5. The highest BCUT2D eigenvalue weighted by atomic mass is 32.1. The minimum Gasteiger partial charge on any atom is -0.405 e. The summed E-state index contributed by atoms with van der Waals surface area (Å²) >= 11 is 1.39. The third kappa shape index (κ3) is 5.82. The number of anilines is 1. The van der Waals surface area contributed by atoms with Gasteiger partial charge in [0.15, 0.2) is 0 Å². The summed E-state index contributed by atoms with van der Waals surface area (Å²) in [6, 6.07) is 0. The standard InChI is InChI=1S/C11H17N5S/c1-9(4-3-5-12)8-13-6-7-14-11-15-10(2)17-16-11/h3-5,8H,6-7,12H2,1-2H3,(H,14,16)/b5-3+,9-4-,13-8?. The maximum atomic E-state index is 5.23. The molecule has 0 unspecified atom stereocenters. The van der Waals surface area contributed by atoms with E-state index < -0.39 is 0 Å². The van der Waals surface area contributed by atoms with Gasteiger partial charge in [-0.25, -0.2) is 4.98 Å². The second-order valence-corrected chi connectivity index (χ2v) is 4.35. The normalized spacial score (nSPS) is 12.7. The molecule has 17 heavy (non-hydrogen) atoms. The van der Waals surface area contributed by atoms with Gasteiger partial charge in [-0.2, -0.15) is 4.37 Å². The van der Waals surface area contributed by atoms with Gasteiger partial charge in [-0.15, -0.1) is 0 Å². The predicted molar refractivity (Wildman–Crippen MR) is 73.6 cm³/mol. The van der Waals surface area contributed by atoms with Gasteiger partial charge in [0.1, 0.15) is 5.01 Å². The maximum absolute atomic E-state index is 5.23. The second-order valence-electron chi connectivity index (χ2n) is 3.39. The molecule has 0 amide bonds. The smallest absolute Gasteiger partial charge is 0.234 e. The van der Waals surface area contributed by atoms with Crippen molar-refractivity contribution in [2.45, 2.75) is 13.8 Å². The Kier molecular flexibility index (Phi) is 5.95. The van der Waals surface area contributed by atoms with E-state index in [4.69, 9.17) is 5.73 Å². The molecule has 0 atom stereocenters. The first-order chi connectivity index (χ1) is 8.22. The van der Waals surface area contributed by atoms with Gasteiger partial charge in [0, 0.05) is 12.8 Å². The first-order valence-corrected chi connectivity index (χ1v) is 6.09. The molecule has 0 aromatic carbocycles. The number of hydrogen-bond donors (Lipinski definition) is 2. The fraction of sp³-hybridized carbons (Fsp3) is 0.364. The predicted octanol–water partition coefficient (Wildman–Crippen LogP) is 1.75.